The van der Waals surface area contributed by atoms with Gasteiger partial charge in [-0.1, -0.05) is 0 Å². The van der Waals surface area contributed by atoms with Crippen molar-refractivity contribution in [3.63, 3.8) is 0 Å². The number of hydrogen-bond donors (Lipinski definition) is 0. The second-order valence-electron chi connectivity index (χ2n) is 6.26. The average molecular weight is 368 g/mol. The number of carbonyl (C=O) groups is 2. The van der Waals surface area contributed by atoms with Gasteiger partial charge in [-0.3, -0.25) is 0 Å². The molecule has 0 atom stereocenters. The van der Waals surface area contributed by atoms with Crippen LogP contribution in [-0.4, -0.2) is 25.2 Å². The molecule has 6 heteroatoms. The van der Waals surface area contributed by atoms with Gasteiger partial charge in [-0.25, -0.2) is 9.59 Å². The third kappa shape index (κ3) is 3.95. The van der Waals surface area contributed by atoms with E-state index in [9.17, 15) is 9.59 Å². The molecule has 6 nitrogen and oxygen atoms in total. The lowest BCUT2D eigenvalue weighted by atomic mass is 10.1. The number of aryl methyl sites for hydroxylation is 1. The van der Waals surface area contributed by atoms with Crippen molar-refractivity contribution in [3.05, 3.63) is 59.4 Å². The van der Waals surface area contributed by atoms with Gasteiger partial charge in [0.15, 0.2) is 0 Å². The number of carbonyl (C=O) groups excluding carboxylic acids is 2. The van der Waals surface area contributed by atoms with Crippen molar-refractivity contribution in [2.24, 2.45) is 0 Å². The molecule has 0 amide bonds. The van der Waals surface area contributed by atoms with Crippen molar-refractivity contribution in [1.82, 2.24) is 0 Å². The molecular weight excluding hydrogens is 348 g/mol. The number of esters is 2. The maximum absolute atomic E-state index is 12.4. The average Bonchev–Trinajstić information content (AvgIpc) is 2.96. The van der Waals surface area contributed by atoms with Gasteiger partial charge in [0, 0.05) is 5.39 Å². The van der Waals surface area contributed by atoms with Gasteiger partial charge in [0.25, 0.3) is 0 Å². The number of rotatable bonds is 5. The Labute approximate surface area is 156 Å². The first-order valence-electron chi connectivity index (χ1n) is 8.49. The number of fused-ring (bicyclic) bond motifs is 1. The minimum atomic E-state index is -0.511. The molecule has 1 heterocycles. The second-order valence-corrected chi connectivity index (χ2v) is 6.26. The number of furan rings is 1. The molecule has 140 valence electrons. The summed E-state index contributed by atoms with van der Waals surface area (Å²) >= 11 is 0. The fourth-order valence-electron chi connectivity index (χ4n) is 2.68. The quantitative estimate of drug-likeness (QED) is 0.486. The smallest absolute Gasteiger partial charge is 0.343 e. The minimum absolute atomic E-state index is 0.252. The lowest BCUT2D eigenvalue weighted by Gasteiger charge is -2.08. The van der Waals surface area contributed by atoms with Crippen LogP contribution in [0.25, 0.3) is 11.0 Å². The summed E-state index contributed by atoms with van der Waals surface area (Å²) in [5.74, 6) is 0.426. The van der Waals surface area contributed by atoms with E-state index in [-0.39, 0.29) is 6.10 Å². The zero-order valence-electron chi connectivity index (χ0n) is 15.6. The van der Waals surface area contributed by atoms with E-state index in [4.69, 9.17) is 18.6 Å². The fourth-order valence-corrected chi connectivity index (χ4v) is 2.68. The van der Waals surface area contributed by atoms with Gasteiger partial charge in [-0.15, -0.1) is 0 Å². The predicted molar refractivity (Wildman–Crippen MR) is 99.5 cm³/mol. The van der Waals surface area contributed by atoms with Crippen molar-refractivity contribution in [2.75, 3.05) is 7.11 Å². The molecule has 0 aliphatic rings. The van der Waals surface area contributed by atoms with Gasteiger partial charge < -0.3 is 18.6 Å². The van der Waals surface area contributed by atoms with E-state index >= 15 is 0 Å². The van der Waals surface area contributed by atoms with Crippen LogP contribution in [0, 0.1) is 6.92 Å². The maximum Gasteiger partial charge on any atom is 0.343 e. The summed E-state index contributed by atoms with van der Waals surface area (Å²) in [6.07, 6.45) is -0.252. The molecule has 1 aromatic heterocycles. The van der Waals surface area contributed by atoms with Crippen molar-refractivity contribution >= 4 is 22.9 Å². The largest absolute Gasteiger partial charge is 0.497 e. The van der Waals surface area contributed by atoms with Gasteiger partial charge in [0.2, 0.25) is 0 Å². The summed E-state index contributed by atoms with van der Waals surface area (Å²) in [7, 11) is 1.55. The van der Waals surface area contributed by atoms with Gasteiger partial charge in [-0.2, -0.15) is 0 Å². The molecular formula is C21H20O6. The molecule has 0 N–H and O–H groups in total. The van der Waals surface area contributed by atoms with Crippen molar-refractivity contribution < 1.29 is 28.2 Å². The van der Waals surface area contributed by atoms with Crippen LogP contribution in [-0.2, 0) is 4.74 Å². The van der Waals surface area contributed by atoms with Crippen molar-refractivity contribution in [1.29, 1.82) is 0 Å². The molecule has 0 bridgehead atoms. The van der Waals surface area contributed by atoms with Gasteiger partial charge in [0.05, 0.1) is 18.8 Å². The Morgan fingerprint density at radius 1 is 0.963 bits per heavy atom. The number of benzene rings is 2. The lowest BCUT2D eigenvalue weighted by molar-refractivity contribution is 0.0378. The molecule has 0 saturated heterocycles. The molecule has 0 aliphatic carbocycles. The zero-order valence-corrected chi connectivity index (χ0v) is 15.6. The van der Waals surface area contributed by atoms with Gasteiger partial charge in [0.1, 0.15) is 28.4 Å². The van der Waals surface area contributed by atoms with Crippen molar-refractivity contribution in [2.45, 2.75) is 26.9 Å². The standard InChI is InChI=1S/C21H20O6/c1-12(2)25-21(23)19-13(3)26-18-10-9-16(11-17(18)19)27-20(22)14-5-7-15(24-4)8-6-14/h5-12H,1-4H3. The highest BCUT2D eigenvalue weighted by atomic mass is 16.5. The molecule has 3 rings (SSSR count). The minimum Gasteiger partial charge on any atom is -0.497 e. The molecule has 27 heavy (non-hydrogen) atoms. The Balaban J connectivity index is 1.89. The van der Waals surface area contributed by atoms with E-state index in [1.807, 2.05) is 0 Å². The highest BCUT2D eigenvalue weighted by Gasteiger charge is 2.21. The summed E-state index contributed by atoms with van der Waals surface area (Å²) in [6, 6.07) is 11.5. The Morgan fingerprint density at radius 3 is 2.26 bits per heavy atom. The second kappa shape index (κ2) is 7.53. The highest BCUT2D eigenvalue weighted by molar-refractivity contribution is 6.05. The van der Waals surface area contributed by atoms with Crippen molar-refractivity contribution in [3.8, 4) is 11.5 Å². The van der Waals surface area contributed by atoms with E-state index in [0.29, 0.717) is 39.4 Å². The summed E-state index contributed by atoms with van der Waals surface area (Å²) in [5.41, 5.74) is 1.24. The SMILES string of the molecule is COc1ccc(C(=O)Oc2ccc3oc(C)c(C(=O)OC(C)C)c3c2)cc1. The normalized spacial score (nSPS) is 10.9. The number of hydrogen-bond acceptors (Lipinski definition) is 6. The lowest BCUT2D eigenvalue weighted by Crippen LogP contribution is -2.12. The van der Waals surface area contributed by atoms with E-state index in [2.05, 4.69) is 0 Å². The Morgan fingerprint density at radius 2 is 1.63 bits per heavy atom. The van der Waals surface area contributed by atoms with Crippen LogP contribution >= 0.6 is 0 Å². The first-order valence-corrected chi connectivity index (χ1v) is 8.49. The Hall–Kier alpha value is -3.28. The third-order valence-corrected chi connectivity index (χ3v) is 3.92. The van der Waals surface area contributed by atoms with Gasteiger partial charge >= 0.3 is 11.9 Å². The molecule has 0 unspecified atom stereocenters. The topological polar surface area (TPSA) is 75.0 Å². The monoisotopic (exact) mass is 368 g/mol. The zero-order chi connectivity index (χ0) is 19.6. The number of methoxy groups -OCH3 is 1. The van der Waals surface area contributed by atoms with E-state index in [1.165, 1.54) is 0 Å². The fraction of sp³-hybridized carbons (Fsp3) is 0.238. The van der Waals surface area contributed by atoms with Crippen LogP contribution in [0.5, 0.6) is 11.5 Å². The molecule has 0 radical (unpaired) electrons. The van der Waals surface area contributed by atoms with Crippen LogP contribution in [0.4, 0.5) is 0 Å². The summed E-state index contributed by atoms with van der Waals surface area (Å²) < 4.78 is 21.4. The Kier molecular flexibility index (Phi) is 5.16. The molecule has 0 aliphatic heterocycles. The van der Waals surface area contributed by atoms with Gasteiger partial charge in [-0.05, 0) is 63.2 Å². The maximum atomic E-state index is 12.4. The van der Waals surface area contributed by atoms with Crippen LogP contribution < -0.4 is 9.47 Å². The van der Waals surface area contributed by atoms with E-state index < -0.39 is 11.9 Å². The molecule has 0 fully saturated rings. The summed E-state index contributed by atoms with van der Waals surface area (Å²) in [4.78, 5) is 24.7. The Bertz CT molecular complexity index is 982. The summed E-state index contributed by atoms with van der Waals surface area (Å²) in [5, 5.41) is 0.540. The first-order chi connectivity index (χ1) is 12.9. The molecule has 0 saturated carbocycles. The predicted octanol–water partition coefficient (Wildman–Crippen LogP) is 4.53. The molecule has 2 aromatic carbocycles. The van der Waals surface area contributed by atoms with Crippen LogP contribution in [0.3, 0.4) is 0 Å². The number of ether oxygens (including phenoxy) is 3. The molecule has 3 aromatic rings. The highest BCUT2D eigenvalue weighted by Crippen LogP contribution is 2.30. The third-order valence-electron chi connectivity index (χ3n) is 3.92. The van der Waals surface area contributed by atoms with E-state index in [1.54, 1.807) is 70.3 Å². The van der Waals surface area contributed by atoms with Crippen LogP contribution in [0.1, 0.15) is 40.3 Å². The summed E-state index contributed by atoms with van der Waals surface area (Å²) in [6.45, 7) is 5.25. The van der Waals surface area contributed by atoms with Crippen LogP contribution in [0.2, 0.25) is 0 Å². The van der Waals surface area contributed by atoms with E-state index in [0.717, 1.165) is 0 Å². The molecule has 0 spiro atoms. The van der Waals surface area contributed by atoms with Crippen LogP contribution in [0.15, 0.2) is 46.9 Å². The first kappa shape index (κ1) is 18.5.